The summed E-state index contributed by atoms with van der Waals surface area (Å²) in [6.45, 7) is 0. The molecule has 0 saturated heterocycles. The van der Waals surface area contributed by atoms with Crippen LogP contribution in [-0.2, 0) is 4.79 Å². The van der Waals surface area contributed by atoms with Gasteiger partial charge in [0.1, 0.15) is 0 Å². The van der Waals surface area contributed by atoms with Crippen LogP contribution in [0.2, 0.25) is 10.0 Å². The Balaban J connectivity index is 3.01. The average molecular weight is 200 g/mol. The first-order valence-corrected chi connectivity index (χ1v) is 3.99. The summed E-state index contributed by atoms with van der Waals surface area (Å²) in [6.07, 6.45) is 4.47. The van der Waals surface area contributed by atoms with Gasteiger partial charge in [0.15, 0.2) is 0 Å². The third-order valence-electron chi connectivity index (χ3n) is 1.29. The van der Waals surface area contributed by atoms with Crippen LogP contribution in [0.4, 0.5) is 0 Å². The van der Waals surface area contributed by atoms with Gasteiger partial charge in [0.05, 0.1) is 0 Å². The number of allylic oxidation sites excluding steroid dienone is 1. The van der Waals surface area contributed by atoms with E-state index in [9.17, 15) is 4.79 Å². The zero-order valence-electron chi connectivity index (χ0n) is 6.05. The molecule has 1 aromatic rings. The summed E-state index contributed by atoms with van der Waals surface area (Å²) in [5.41, 5.74) is 0.754. The van der Waals surface area contributed by atoms with Crippen LogP contribution < -0.4 is 0 Å². The molecule has 0 bridgehead atoms. The Morgan fingerprint density at radius 3 is 2.67 bits per heavy atom. The Labute approximate surface area is 80.6 Å². The Kier molecular flexibility index (Phi) is 3.32. The molecule has 0 spiro atoms. The molecule has 0 aliphatic heterocycles. The summed E-state index contributed by atoms with van der Waals surface area (Å²) in [6, 6.07) is 5.06. The lowest BCUT2D eigenvalue weighted by Crippen LogP contribution is -1.74. The molecule has 0 amide bonds. The molecule has 1 radical (unpaired) electrons. The van der Waals surface area contributed by atoms with Crippen molar-refractivity contribution in [1.82, 2.24) is 0 Å². The topological polar surface area (TPSA) is 17.1 Å². The van der Waals surface area contributed by atoms with E-state index in [1.165, 1.54) is 6.08 Å². The van der Waals surface area contributed by atoms with Crippen molar-refractivity contribution in [2.24, 2.45) is 0 Å². The minimum atomic E-state index is 0.522. The first-order valence-electron chi connectivity index (χ1n) is 3.23. The molecule has 0 unspecified atom stereocenters. The van der Waals surface area contributed by atoms with Gasteiger partial charge in [-0.1, -0.05) is 29.3 Å². The van der Waals surface area contributed by atoms with Gasteiger partial charge in [0, 0.05) is 10.0 Å². The van der Waals surface area contributed by atoms with Gasteiger partial charge in [-0.2, -0.15) is 0 Å². The van der Waals surface area contributed by atoms with E-state index in [1.807, 2.05) is 0 Å². The Morgan fingerprint density at radius 2 is 2.08 bits per heavy atom. The summed E-state index contributed by atoms with van der Waals surface area (Å²) >= 11 is 11.5. The molecule has 1 nitrogen and oxygen atoms in total. The smallest absolute Gasteiger partial charge is 0.225 e. The van der Waals surface area contributed by atoms with Gasteiger partial charge in [-0.05, 0) is 29.8 Å². The highest BCUT2D eigenvalue weighted by molar-refractivity contribution is 6.35. The second kappa shape index (κ2) is 4.29. The third-order valence-corrected chi connectivity index (χ3v) is 1.86. The van der Waals surface area contributed by atoms with Crippen LogP contribution in [0.25, 0.3) is 6.08 Å². The van der Waals surface area contributed by atoms with Gasteiger partial charge in [0.25, 0.3) is 0 Å². The fourth-order valence-electron chi connectivity index (χ4n) is 0.760. The summed E-state index contributed by atoms with van der Waals surface area (Å²) in [7, 11) is 0. The Bertz CT molecular complexity index is 318. The van der Waals surface area contributed by atoms with E-state index in [0.717, 1.165) is 5.56 Å². The van der Waals surface area contributed by atoms with Crippen molar-refractivity contribution < 1.29 is 4.79 Å². The molecule has 0 saturated carbocycles. The quantitative estimate of drug-likeness (QED) is 0.670. The van der Waals surface area contributed by atoms with Crippen molar-refractivity contribution in [2.75, 3.05) is 0 Å². The van der Waals surface area contributed by atoms with Gasteiger partial charge in [-0.15, -0.1) is 0 Å². The van der Waals surface area contributed by atoms with Crippen molar-refractivity contribution in [1.29, 1.82) is 0 Å². The maximum atomic E-state index is 9.88. The molecular formula is C9H5Cl2O. The molecule has 0 N–H and O–H groups in total. The van der Waals surface area contributed by atoms with Crippen molar-refractivity contribution >= 4 is 35.6 Å². The summed E-state index contributed by atoms with van der Waals surface area (Å²) < 4.78 is 0. The molecule has 0 heterocycles. The highest BCUT2D eigenvalue weighted by Gasteiger charge is 1.96. The maximum Gasteiger partial charge on any atom is 0.225 e. The van der Waals surface area contributed by atoms with Gasteiger partial charge >= 0.3 is 0 Å². The van der Waals surface area contributed by atoms with Crippen LogP contribution >= 0.6 is 23.2 Å². The van der Waals surface area contributed by atoms with Crippen molar-refractivity contribution in [3.05, 3.63) is 39.9 Å². The number of halogens is 2. The molecule has 0 aliphatic carbocycles. The lowest BCUT2D eigenvalue weighted by molar-refractivity contribution is 0.564. The minimum Gasteiger partial charge on any atom is -0.286 e. The Morgan fingerprint density at radius 1 is 1.33 bits per heavy atom. The predicted octanol–water partition coefficient (Wildman–Crippen LogP) is 3.12. The molecule has 0 aliphatic rings. The molecule has 12 heavy (non-hydrogen) atoms. The number of rotatable bonds is 2. The van der Waals surface area contributed by atoms with E-state index in [1.54, 1.807) is 30.6 Å². The average Bonchev–Trinajstić information content (AvgIpc) is 2.03. The third kappa shape index (κ3) is 2.36. The van der Waals surface area contributed by atoms with Crippen LogP contribution in [0.5, 0.6) is 0 Å². The first-order chi connectivity index (χ1) is 5.74. The van der Waals surface area contributed by atoms with Gasteiger partial charge < -0.3 is 0 Å². The second-order valence-electron chi connectivity index (χ2n) is 2.12. The monoisotopic (exact) mass is 199 g/mol. The maximum absolute atomic E-state index is 9.88. The predicted molar refractivity (Wildman–Crippen MR) is 51.2 cm³/mol. The number of hydrogen-bond acceptors (Lipinski definition) is 1. The van der Waals surface area contributed by atoms with Crippen molar-refractivity contribution in [3.63, 3.8) is 0 Å². The van der Waals surface area contributed by atoms with Crippen LogP contribution in [-0.4, -0.2) is 6.29 Å². The molecule has 0 aromatic heterocycles. The normalized spacial score (nSPS) is 10.5. The van der Waals surface area contributed by atoms with Gasteiger partial charge in [-0.3, -0.25) is 4.79 Å². The van der Waals surface area contributed by atoms with Gasteiger partial charge in [-0.25, -0.2) is 0 Å². The van der Waals surface area contributed by atoms with E-state index in [2.05, 4.69) is 0 Å². The Hall–Kier alpha value is -0.790. The van der Waals surface area contributed by atoms with Crippen LogP contribution in [0.3, 0.4) is 0 Å². The van der Waals surface area contributed by atoms with Crippen LogP contribution in [0, 0.1) is 0 Å². The largest absolute Gasteiger partial charge is 0.286 e. The molecular weight excluding hydrogens is 195 g/mol. The van der Waals surface area contributed by atoms with E-state index in [0.29, 0.717) is 10.0 Å². The molecule has 3 heteroatoms. The fourth-order valence-corrected chi connectivity index (χ4v) is 1.23. The van der Waals surface area contributed by atoms with Gasteiger partial charge in [0.2, 0.25) is 6.29 Å². The lowest BCUT2D eigenvalue weighted by Gasteiger charge is -1.96. The summed E-state index contributed by atoms with van der Waals surface area (Å²) in [5, 5.41) is 1.10. The molecule has 1 rings (SSSR count). The minimum absolute atomic E-state index is 0.522. The van der Waals surface area contributed by atoms with E-state index >= 15 is 0 Å². The number of carbonyl (C=O) groups excluding carboxylic acids is 1. The van der Waals surface area contributed by atoms with E-state index < -0.39 is 0 Å². The molecule has 0 fully saturated rings. The zero-order valence-corrected chi connectivity index (χ0v) is 7.56. The van der Waals surface area contributed by atoms with Crippen LogP contribution in [0.15, 0.2) is 24.3 Å². The summed E-state index contributed by atoms with van der Waals surface area (Å²) in [5.74, 6) is 0. The first kappa shape index (κ1) is 9.30. The standard InChI is InChI=1S/C9H5Cl2O/c10-8-4-3-7(2-1-5-12)9(11)6-8/h1-4,6H. The van der Waals surface area contributed by atoms with Crippen molar-refractivity contribution in [3.8, 4) is 0 Å². The molecule has 0 atom stereocenters. The van der Waals surface area contributed by atoms with Crippen LogP contribution in [0.1, 0.15) is 5.56 Å². The molecule has 61 valence electrons. The SMILES string of the molecule is O=[C]C=Cc1ccc(Cl)cc1Cl. The van der Waals surface area contributed by atoms with E-state index in [4.69, 9.17) is 23.2 Å². The highest BCUT2D eigenvalue weighted by atomic mass is 35.5. The fraction of sp³-hybridized carbons (Fsp3) is 0. The summed E-state index contributed by atoms with van der Waals surface area (Å²) in [4.78, 5) is 9.88. The van der Waals surface area contributed by atoms with Crippen molar-refractivity contribution in [2.45, 2.75) is 0 Å². The lowest BCUT2D eigenvalue weighted by atomic mass is 10.2. The van der Waals surface area contributed by atoms with E-state index in [-0.39, 0.29) is 0 Å². The highest BCUT2D eigenvalue weighted by Crippen LogP contribution is 2.21. The second-order valence-corrected chi connectivity index (χ2v) is 2.96. The molecule has 1 aromatic carbocycles. The number of benzene rings is 1. The number of hydrogen-bond donors (Lipinski definition) is 0. The zero-order chi connectivity index (χ0) is 8.97.